The molecule has 6 nitrogen and oxygen atoms in total. The number of aromatic amines is 1. The van der Waals surface area contributed by atoms with Crippen molar-refractivity contribution in [1.29, 1.82) is 0 Å². The molecule has 1 aromatic heterocycles. The minimum absolute atomic E-state index is 0.000237. The second-order valence-corrected chi connectivity index (χ2v) is 6.67. The van der Waals surface area contributed by atoms with E-state index in [1.807, 2.05) is 36.4 Å². The molecule has 4 rings (SSSR count). The summed E-state index contributed by atoms with van der Waals surface area (Å²) in [6, 6.07) is 11.8. The summed E-state index contributed by atoms with van der Waals surface area (Å²) in [6.07, 6.45) is -0.000237. The van der Waals surface area contributed by atoms with Crippen molar-refractivity contribution >= 4 is 39.2 Å². The molecule has 0 amide bonds. The number of nitrogens with one attached hydrogen (secondary N) is 1. The number of aliphatic hydroxyl groups excluding tert-OH is 1. The molecular formula is C22H21NO5. The van der Waals surface area contributed by atoms with Gasteiger partial charge >= 0.3 is 11.9 Å². The Hall–Kier alpha value is -3.28. The highest BCUT2D eigenvalue weighted by Gasteiger charge is 2.38. The first-order chi connectivity index (χ1) is 13.6. The van der Waals surface area contributed by atoms with E-state index in [1.54, 1.807) is 13.8 Å². The summed E-state index contributed by atoms with van der Waals surface area (Å²) >= 11 is 0. The summed E-state index contributed by atoms with van der Waals surface area (Å²) in [6.45, 7) is 3.88. The van der Waals surface area contributed by atoms with Gasteiger partial charge in [0.1, 0.15) is 11.3 Å². The van der Waals surface area contributed by atoms with Crippen LogP contribution in [0.25, 0.3) is 27.2 Å². The van der Waals surface area contributed by atoms with E-state index in [0.717, 1.165) is 21.7 Å². The van der Waals surface area contributed by atoms with Crippen molar-refractivity contribution < 1.29 is 24.2 Å². The summed E-state index contributed by atoms with van der Waals surface area (Å²) in [5.74, 6) is -1.89. The number of hydrogen-bond acceptors (Lipinski definition) is 5. The number of fused-ring (bicyclic) bond motifs is 5. The van der Waals surface area contributed by atoms with E-state index in [4.69, 9.17) is 9.47 Å². The molecule has 3 aromatic rings. The van der Waals surface area contributed by atoms with Gasteiger partial charge in [-0.3, -0.25) is 4.79 Å². The molecule has 1 aliphatic carbocycles. The second kappa shape index (κ2) is 7.03. The van der Waals surface area contributed by atoms with Crippen LogP contribution in [0, 0.1) is 0 Å². The van der Waals surface area contributed by atoms with E-state index < -0.39 is 17.9 Å². The first-order valence-electron chi connectivity index (χ1n) is 9.36. The van der Waals surface area contributed by atoms with Crippen LogP contribution in [0.3, 0.4) is 0 Å². The third kappa shape index (κ3) is 2.72. The third-order valence-electron chi connectivity index (χ3n) is 5.07. The quantitative estimate of drug-likeness (QED) is 0.663. The van der Waals surface area contributed by atoms with Gasteiger partial charge in [0.15, 0.2) is 0 Å². The molecule has 0 fully saturated rings. The fourth-order valence-corrected chi connectivity index (χ4v) is 3.93. The highest BCUT2D eigenvalue weighted by Crippen LogP contribution is 2.44. The predicted octanol–water partition coefficient (Wildman–Crippen LogP) is 4.20. The number of aromatic nitrogens is 1. The molecule has 1 atom stereocenters. The zero-order valence-corrected chi connectivity index (χ0v) is 15.7. The minimum atomic E-state index is -0.692. The fourth-order valence-electron chi connectivity index (χ4n) is 3.93. The molecule has 0 radical (unpaired) electrons. The molecule has 0 aliphatic heterocycles. The van der Waals surface area contributed by atoms with E-state index in [1.165, 1.54) is 0 Å². The van der Waals surface area contributed by atoms with Crippen molar-refractivity contribution in [2.45, 2.75) is 26.2 Å². The van der Waals surface area contributed by atoms with Gasteiger partial charge in [-0.25, -0.2) is 4.79 Å². The Labute approximate surface area is 161 Å². The maximum absolute atomic E-state index is 12.6. The zero-order chi connectivity index (χ0) is 19.8. The summed E-state index contributed by atoms with van der Waals surface area (Å²) < 4.78 is 10.4. The number of hydrogen-bond donors (Lipinski definition) is 2. The van der Waals surface area contributed by atoms with E-state index in [9.17, 15) is 14.7 Å². The van der Waals surface area contributed by atoms with Crippen molar-refractivity contribution in [2.24, 2.45) is 0 Å². The summed E-state index contributed by atoms with van der Waals surface area (Å²) in [5, 5.41) is 13.4. The Morgan fingerprint density at radius 3 is 2.57 bits per heavy atom. The Balaban J connectivity index is 2.02. The van der Waals surface area contributed by atoms with E-state index >= 15 is 0 Å². The molecule has 6 heteroatoms. The Bertz CT molecular complexity index is 1120. The van der Waals surface area contributed by atoms with Gasteiger partial charge in [-0.1, -0.05) is 36.4 Å². The molecule has 1 heterocycles. The predicted molar refractivity (Wildman–Crippen MR) is 106 cm³/mol. The lowest BCUT2D eigenvalue weighted by Crippen LogP contribution is -2.23. The lowest BCUT2D eigenvalue weighted by molar-refractivity contribution is -0.145. The summed E-state index contributed by atoms with van der Waals surface area (Å²) in [4.78, 5) is 28.4. The van der Waals surface area contributed by atoms with Gasteiger partial charge in [0.25, 0.3) is 0 Å². The van der Waals surface area contributed by atoms with Crippen molar-refractivity contribution in [2.75, 3.05) is 13.2 Å². The Morgan fingerprint density at radius 2 is 1.82 bits per heavy atom. The van der Waals surface area contributed by atoms with Crippen LogP contribution in [-0.2, 0) is 19.1 Å². The van der Waals surface area contributed by atoms with Gasteiger partial charge in [0.2, 0.25) is 0 Å². The Kier molecular flexibility index (Phi) is 4.55. The zero-order valence-electron chi connectivity index (χ0n) is 15.7. The van der Waals surface area contributed by atoms with Gasteiger partial charge in [-0.15, -0.1) is 0 Å². The van der Waals surface area contributed by atoms with Crippen LogP contribution in [0.1, 0.15) is 37.4 Å². The van der Waals surface area contributed by atoms with Gasteiger partial charge in [0, 0.05) is 22.8 Å². The molecule has 2 N–H and O–H groups in total. The number of aliphatic hydroxyl groups is 1. The van der Waals surface area contributed by atoms with Crippen LogP contribution >= 0.6 is 0 Å². The maximum Gasteiger partial charge on any atom is 0.343 e. The topological polar surface area (TPSA) is 88.6 Å². The number of esters is 2. The number of allylic oxidation sites excluding steroid dienone is 1. The van der Waals surface area contributed by atoms with Crippen LogP contribution < -0.4 is 0 Å². The average molecular weight is 379 g/mol. The standard InChI is InChI=1S/C22H21NO5/c1-3-27-21(25)15-11-16(24)18(22(26)28-4-2)20-17(15)14-10-9-12-7-5-6-8-13(12)19(14)23-20/h5-10,15,23-24H,3-4,11H2,1-2H3/t15-/m1/s1. The highest BCUT2D eigenvalue weighted by molar-refractivity contribution is 6.21. The SMILES string of the molecule is CCOC(=O)C1=C(O)C[C@@H](C(=O)OCC)c2c1[nH]c1c2ccc2ccccc21. The molecule has 0 saturated carbocycles. The summed E-state index contributed by atoms with van der Waals surface area (Å²) in [5.41, 5.74) is 1.98. The molecule has 28 heavy (non-hydrogen) atoms. The number of carbonyl (C=O) groups excluding carboxylic acids is 2. The van der Waals surface area contributed by atoms with Crippen LogP contribution in [0.15, 0.2) is 42.2 Å². The minimum Gasteiger partial charge on any atom is -0.511 e. The molecule has 0 unspecified atom stereocenters. The van der Waals surface area contributed by atoms with Gasteiger partial charge in [-0.2, -0.15) is 0 Å². The van der Waals surface area contributed by atoms with Crippen LogP contribution in [0.5, 0.6) is 0 Å². The normalized spacial score (nSPS) is 16.3. The van der Waals surface area contributed by atoms with Crippen molar-refractivity contribution in [3.63, 3.8) is 0 Å². The smallest absolute Gasteiger partial charge is 0.343 e. The largest absolute Gasteiger partial charge is 0.511 e. The first-order valence-corrected chi connectivity index (χ1v) is 9.36. The second-order valence-electron chi connectivity index (χ2n) is 6.67. The highest BCUT2D eigenvalue weighted by atomic mass is 16.5. The molecule has 0 saturated heterocycles. The third-order valence-corrected chi connectivity index (χ3v) is 5.07. The van der Waals surface area contributed by atoms with Crippen molar-refractivity contribution in [1.82, 2.24) is 4.98 Å². The van der Waals surface area contributed by atoms with Gasteiger partial charge in [0.05, 0.1) is 30.3 Å². The van der Waals surface area contributed by atoms with Crippen molar-refractivity contribution in [3.8, 4) is 0 Å². The van der Waals surface area contributed by atoms with Crippen LogP contribution in [-0.4, -0.2) is 35.2 Å². The molecular weight excluding hydrogens is 358 g/mol. The molecule has 2 aromatic carbocycles. The van der Waals surface area contributed by atoms with E-state index in [2.05, 4.69) is 4.98 Å². The number of ether oxygens (including phenoxy) is 2. The first kappa shape index (κ1) is 18.1. The molecule has 0 spiro atoms. The number of rotatable bonds is 4. The Morgan fingerprint density at radius 1 is 1.07 bits per heavy atom. The monoisotopic (exact) mass is 379 g/mol. The number of H-pyrrole nitrogens is 1. The van der Waals surface area contributed by atoms with Gasteiger partial charge < -0.3 is 19.6 Å². The lowest BCUT2D eigenvalue weighted by atomic mass is 9.84. The van der Waals surface area contributed by atoms with E-state index in [0.29, 0.717) is 11.3 Å². The summed E-state index contributed by atoms with van der Waals surface area (Å²) in [7, 11) is 0. The fraction of sp³-hybridized carbons (Fsp3) is 0.273. The van der Waals surface area contributed by atoms with Crippen molar-refractivity contribution in [3.05, 3.63) is 53.4 Å². The maximum atomic E-state index is 12.6. The number of carbonyl (C=O) groups is 2. The van der Waals surface area contributed by atoms with E-state index in [-0.39, 0.29) is 31.0 Å². The number of benzene rings is 2. The average Bonchev–Trinajstić information content (AvgIpc) is 3.07. The van der Waals surface area contributed by atoms with Crippen LogP contribution in [0.4, 0.5) is 0 Å². The van der Waals surface area contributed by atoms with Crippen LogP contribution in [0.2, 0.25) is 0 Å². The molecule has 144 valence electrons. The molecule has 0 bridgehead atoms. The van der Waals surface area contributed by atoms with Gasteiger partial charge in [-0.05, 0) is 19.2 Å². The lowest BCUT2D eigenvalue weighted by Gasteiger charge is -2.23. The molecule has 1 aliphatic rings.